The summed E-state index contributed by atoms with van der Waals surface area (Å²) in [5, 5.41) is 2.34. The van der Waals surface area contributed by atoms with E-state index in [9.17, 15) is 13.2 Å². The molecule has 0 spiro atoms. The molecule has 1 N–H and O–H groups in total. The van der Waals surface area contributed by atoms with Gasteiger partial charge in [0, 0.05) is 26.7 Å². The highest BCUT2D eigenvalue weighted by Crippen LogP contribution is 2.16. The van der Waals surface area contributed by atoms with Crippen LogP contribution in [0, 0.1) is 0 Å². The number of nitrogens with one attached hydrogen (secondary N) is 1. The molecule has 6 nitrogen and oxygen atoms in total. The second-order valence-corrected chi connectivity index (χ2v) is 6.61. The van der Waals surface area contributed by atoms with Gasteiger partial charge in [0.15, 0.2) is 9.84 Å². The third kappa shape index (κ3) is 3.65. The molecule has 0 aliphatic carbocycles. The maximum Gasteiger partial charge on any atom is 0.237 e. The number of hydrogen-bond donors (Lipinski definition) is 1. The van der Waals surface area contributed by atoms with E-state index < -0.39 is 26.7 Å². The minimum absolute atomic E-state index is 0.135. The van der Waals surface area contributed by atoms with Gasteiger partial charge < -0.3 is 15.0 Å². The zero-order chi connectivity index (χ0) is 13.1. The number of hydrogen-bond acceptors (Lipinski definition) is 5. The Morgan fingerprint density at radius 3 is 2.65 bits per heavy atom. The van der Waals surface area contributed by atoms with Crippen LogP contribution in [0.3, 0.4) is 0 Å². The number of ether oxygens (including phenoxy) is 1. The molecular weight excluding hydrogens is 244 g/mol. The Morgan fingerprint density at radius 2 is 2.12 bits per heavy atom. The van der Waals surface area contributed by atoms with Gasteiger partial charge in [-0.2, -0.15) is 0 Å². The van der Waals surface area contributed by atoms with Crippen LogP contribution in [0.15, 0.2) is 0 Å². The van der Waals surface area contributed by atoms with Crippen LogP contribution in [0.5, 0.6) is 0 Å². The van der Waals surface area contributed by atoms with Gasteiger partial charge in [-0.1, -0.05) is 0 Å². The first kappa shape index (κ1) is 14.4. The number of sulfone groups is 1. The molecule has 1 amide bonds. The summed E-state index contributed by atoms with van der Waals surface area (Å²) < 4.78 is 29.4. The van der Waals surface area contributed by atoms with Crippen LogP contribution in [0.4, 0.5) is 0 Å². The molecule has 0 saturated carbocycles. The minimum atomic E-state index is -3.47. The fraction of sp³-hybridized carbons (Fsp3) is 0.900. The molecule has 1 saturated heterocycles. The van der Waals surface area contributed by atoms with Gasteiger partial charge in [-0.3, -0.25) is 4.79 Å². The average Bonchev–Trinajstić information content (AvgIpc) is 2.28. The van der Waals surface area contributed by atoms with Crippen molar-refractivity contribution < 1.29 is 17.9 Å². The van der Waals surface area contributed by atoms with Gasteiger partial charge in [0.1, 0.15) is 11.0 Å². The molecule has 1 rings (SSSR count). The second-order valence-electron chi connectivity index (χ2n) is 4.39. The molecule has 0 aromatic heterocycles. The first-order valence-corrected chi connectivity index (χ1v) is 7.26. The zero-order valence-corrected chi connectivity index (χ0v) is 11.3. The van der Waals surface area contributed by atoms with Gasteiger partial charge >= 0.3 is 0 Å². The summed E-state index contributed by atoms with van der Waals surface area (Å²) in [7, 11) is 1.35. The summed E-state index contributed by atoms with van der Waals surface area (Å²) in [6.45, 7) is 0.716. The number of carbonyl (C=O) groups is 1. The predicted octanol–water partition coefficient (Wildman–Crippen LogP) is -1.13. The Morgan fingerprint density at radius 1 is 1.47 bits per heavy atom. The molecule has 100 valence electrons. The molecule has 1 aliphatic heterocycles. The fourth-order valence-corrected chi connectivity index (χ4v) is 3.70. The van der Waals surface area contributed by atoms with Crippen LogP contribution in [-0.4, -0.2) is 70.6 Å². The van der Waals surface area contributed by atoms with E-state index in [2.05, 4.69) is 5.32 Å². The Hall–Kier alpha value is -0.660. The number of nitrogens with zero attached hydrogens (tertiary/aromatic N) is 1. The molecule has 1 heterocycles. The molecule has 1 aliphatic rings. The Kier molecular flexibility index (Phi) is 4.91. The van der Waals surface area contributed by atoms with Gasteiger partial charge in [-0.05, 0) is 13.5 Å². The van der Waals surface area contributed by atoms with Crippen molar-refractivity contribution in [3.8, 4) is 0 Å². The van der Waals surface area contributed by atoms with Crippen LogP contribution >= 0.6 is 0 Å². The van der Waals surface area contributed by atoms with E-state index in [1.165, 1.54) is 4.90 Å². The van der Waals surface area contributed by atoms with Crippen LogP contribution < -0.4 is 5.32 Å². The molecule has 1 fully saturated rings. The molecule has 0 radical (unpaired) electrons. The third-order valence-electron chi connectivity index (χ3n) is 2.96. The van der Waals surface area contributed by atoms with Gasteiger partial charge in [0.05, 0.1) is 6.61 Å². The first-order chi connectivity index (χ1) is 7.88. The van der Waals surface area contributed by atoms with Crippen LogP contribution in [-0.2, 0) is 19.4 Å². The quantitative estimate of drug-likeness (QED) is 0.695. The van der Waals surface area contributed by atoms with E-state index in [1.807, 2.05) is 0 Å². The molecule has 0 aromatic carbocycles. The topological polar surface area (TPSA) is 75.7 Å². The molecule has 0 bridgehead atoms. The molecule has 7 heteroatoms. The van der Waals surface area contributed by atoms with Gasteiger partial charge in [-0.25, -0.2) is 8.42 Å². The van der Waals surface area contributed by atoms with Crippen LogP contribution in [0.1, 0.15) is 6.42 Å². The maximum absolute atomic E-state index is 12.1. The molecule has 2 unspecified atom stereocenters. The monoisotopic (exact) mass is 264 g/mol. The smallest absolute Gasteiger partial charge is 0.237 e. The summed E-state index contributed by atoms with van der Waals surface area (Å²) >= 11 is 0. The summed E-state index contributed by atoms with van der Waals surface area (Å²) in [6.07, 6.45) is 0.649. The lowest BCUT2D eigenvalue weighted by molar-refractivity contribution is -0.125. The number of rotatable bonds is 4. The molecule has 17 heavy (non-hydrogen) atoms. The zero-order valence-electron chi connectivity index (χ0n) is 10.5. The van der Waals surface area contributed by atoms with Gasteiger partial charge in [-0.15, -0.1) is 0 Å². The van der Waals surface area contributed by atoms with Crippen molar-refractivity contribution >= 4 is 15.7 Å². The van der Waals surface area contributed by atoms with Crippen molar-refractivity contribution in [1.82, 2.24) is 10.2 Å². The van der Waals surface area contributed by atoms with Crippen LogP contribution in [0.2, 0.25) is 0 Å². The van der Waals surface area contributed by atoms with E-state index in [1.54, 1.807) is 21.1 Å². The highest BCUT2D eigenvalue weighted by molar-refractivity contribution is 7.92. The standard InChI is InChI=1S/C10H20N2O4S/c1-11-8-4-5-16-6-9(8)17(14,15)7-10(13)12(2)3/h8-9,11H,4-7H2,1-3H3. The Balaban J connectivity index is 2.77. The van der Waals surface area contributed by atoms with Gasteiger partial charge in [0.25, 0.3) is 0 Å². The van der Waals surface area contributed by atoms with E-state index in [4.69, 9.17) is 4.74 Å². The third-order valence-corrected chi connectivity index (χ3v) is 5.00. The maximum atomic E-state index is 12.1. The predicted molar refractivity (Wildman–Crippen MR) is 64.6 cm³/mol. The highest BCUT2D eigenvalue weighted by atomic mass is 32.2. The average molecular weight is 264 g/mol. The molecule has 0 aromatic rings. The number of carbonyl (C=O) groups excluding carboxylic acids is 1. The summed E-state index contributed by atoms with van der Waals surface area (Å²) in [5.74, 6) is -0.850. The molecule has 2 atom stereocenters. The number of amides is 1. The lowest BCUT2D eigenvalue weighted by Gasteiger charge is -2.30. The van der Waals surface area contributed by atoms with Crippen molar-refractivity contribution in [2.75, 3.05) is 40.1 Å². The lowest BCUT2D eigenvalue weighted by Crippen LogP contribution is -2.51. The highest BCUT2D eigenvalue weighted by Gasteiger charge is 2.36. The van der Waals surface area contributed by atoms with E-state index in [0.717, 1.165) is 0 Å². The Labute approximate surface area is 102 Å². The normalized spacial score (nSPS) is 25.6. The Bertz CT molecular complexity index is 367. The van der Waals surface area contributed by atoms with E-state index in [0.29, 0.717) is 13.0 Å². The van der Waals surface area contributed by atoms with E-state index in [-0.39, 0.29) is 12.6 Å². The van der Waals surface area contributed by atoms with Gasteiger partial charge in [0.2, 0.25) is 5.91 Å². The van der Waals surface area contributed by atoms with Crippen molar-refractivity contribution in [2.45, 2.75) is 17.7 Å². The van der Waals surface area contributed by atoms with Crippen molar-refractivity contribution in [1.29, 1.82) is 0 Å². The summed E-state index contributed by atoms with van der Waals surface area (Å²) in [5.41, 5.74) is 0. The molecular formula is C10H20N2O4S. The summed E-state index contributed by atoms with van der Waals surface area (Å²) in [6, 6.07) is -0.135. The lowest BCUT2D eigenvalue weighted by atomic mass is 10.1. The van der Waals surface area contributed by atoms with E-state index >= 15 is 0 Å². The van der Waals surface area contributed by atoms with Crippen molar-refractivity contribution in [3.05, 3.63) is 0 Å². The second kappa shape index (κ2) is 5.79. The van der Waals surface area contributed by atoms with Crippen molar-refractivity contribution in [3.63, 3.8) is 0 Å². The minimum Gasteiger partial charge on any atom is -0.380 e. The largest absolute Gasteiger partial charge is 0.380 e. The van der Waals surface area contributed by atoms with Crippen LogP contribution in [0.25, 0.3) is 0 Å². The first-order valence-electron chi connectivity index (χ1n) is 5.55. The summed E-state index contributed by atoms with van der Waals surface area (Å²) in [4.78, 5) is 12.8. The van der Waals surface area contributed by atoms with Crippen molar-refractivity contribution in [2.24, 2.45) is 0 Å². The SMILES string of the molecule is CNC1CCOCC1S(=O)(=O)CC(=O)N(C)C. The fourth-order valence-electron chi connectivity index (χ4n) is 1.80.